The minimum atomic E-state index is -0.641. The Morgan fingerprint density at radius 3 is 2.14 bits per heavy atom. The fourth-order valence-electron chi connectivity index (χ4n) is 1.39. The number of hydrogen-bond acceptors (Lipinski definition) is 6. The van der Waals surface area contributed by atoms with Crippen molar-refractivity contribution < 1.29 is 23.8 Å². The fourth-order valence-corrected chi connectivity index (χ4v) is 1.39. The number of aromatic nitrogens is 1. The number of carbonyl (C=O) groups is 2. The topological polar surface area (TPSA) is 98.8 Å². The molecule has 0 spiro atoms. The minimum absolute atomic E-state index is 0.154. The van der Waals surface area contributed by atoms with Crippen LogP contribution in [0.25, 0.3) is 0 Å². The van der Waals surface area contributed by atoms with Gasteiger partial charge in [-0.3, -0.25) is 10.6 Å². The van der Waals surface area contributed by atoms with E-state index in [4.69, 9.17) is 14.2 Å². The van der Waals surface area contributed by atoms with Crippen molar-refractivity contribution in [3.05, 3.63) is 18.2 Å². The second-order valence-corrected chi connectivity index (χ2v) is 4.13. The largest absolute Gasteiger partial charge is 0.449 e. The standard InChI is InChI=1S/C14H21N3O5/c1-3-8-21-13(18)16-11-6-5-7-12(15-11)17-14(19)22-10-9-20-4-2/h5-7H,3-4,8-10H2,1-2H3,(H2,15,16,17,18,19). The molecule has 0 aromatic carbocycles. The van der Waals surface area contributed by atoms with Crippen molar-refractivity contribution in [2.24, 2.45) is 0 Å². The Hall–Kier alpha value is -2.35. The third-order valence-electron chi connectivity index (χ3n) is 2.31. The van der Waals surface area contributed by atoms with Crippen LogP contribution in [0.2, 0.25) is 0 Å². The average Bonchev–Trinajstić information content (AvgIpc) is 2.50. The lowest BCUT2D eigenvalue weighted by Gasteiger charge is -2.08. The first kappa shape index (κ1) is 17.7. The number of amides is 2. The summed E-state index contributed by atoms with van der Waals surface area (Å²) < 4.78 is 14.8. The smallest absolute Gasteiger partial charge is 0.412 e. The summed E-state index contributed by atoms with van der Waals surface area (Å²) in [7, 11) is 0. The monoisotopic (exact) mass is 311 g/mol. The van der Waals surface area contributed by atoms with Gasteiger partial charge in [0.1, 0.15) is 18.2 Å². The summed E-state index contributed by atoms with van der Waals surface area (Å²) >= 11 is 0. The lowest BCUT2D eigenvalue weighted by molar-refractivity contribution is 0.0849. The summed E-state index contributed by atoms with van der Waals surface area (Å²) in [6, 6.07) is 4.80. The molecule has 1 aromatic rings. The van der Waals surface area contributed by atoms with Crippen LogP contribution in [0.1, 0.15) is 20.3 Å². The summed E-state index contributed by atoms with van der Waals surface area (Å²) in [4.78, 5) is 27.0. The van der Waals surface area contributed by atoms with E-state index in [0.29, 0.717) is 19.8 Å². The SMILES string of the molecule is CCCOC(=O)Nc1cccc(NC(=O)OCCOCC)n1. The summed E-state index contributed by atoms with van der Waals surface area (Å²) in [6.45, 7) is 5.13. The normalized spacial score (nSPS) is 9.91. The third-order valence-corrected chi connectivity index (χ3v) is 2.31. The van der Waals surface area contributed by atoms with Crippen molar-refractivity contribution in [2.45, 2.75) is 20.3 Å². The van der Waals surface area contributed by atoms with Gasteiger partial charge >= 0.3 is 12.2 Å². The number of carbonyl (C=O) groups excluding carboxylic acids is 2. The van der Waals surface area contributed by atoms with Crippen molar-refractivity contribution in [3.63, 3.8) is 0 Å². The molecular formula is C14H21N3O5. The summed E-state index contributed by atoms with van der Waals surface area (Å²) in [5.74, 6) is 0.530. The number of nitrogens with one attached hydrogen (secondary N) is 2. The van der Waals surface area contributed by atoms with Gasteiger partial charge in [0.2, 0.25) is 0 Å². The molecule has 22 heavy (non-hydrogen) atoms. The molecule has 0 fully saturated rings. The maximum absolute atomic E-state index is 11.5. The quantitative estimate of drug-likeness (QED) is 0.716. The van der Waals surface area contributed by atoms with E-state index in [1.807, 2.05) is 13.8 Å². The van der Waals surface area contributed by atoms with Crippen LogP contribution in [0.3, 0.4) is 0 Å². The fraction of sp³-hybridized carbons (Fsp3) is 0.500. The van der Waals surface area contributed by atoms with Crippen molar-refractivity contribution >= 4 is 23.8 Å². The Bertz CT molecular complexity index is 481. The van der Waals surface area contributed by atoms with Crippen molar-refractivity contribution in [2.75, 3.05) is 37.1 Å². The Morgan fingerprint density at radius 2 is 1.59 bits per heavy atom. The zero-order chi connectivity index (χ0) is 16.2. The molecule has 2 N–H and O–H groups in total. The Labute approximate surface area is 129 Å². The second-order valence-electron chi connectivity index (χ2n) is 4.13. The molecule has 0 atom stereocenters. The maximum Gasteiger partial charge on any atom is 0.412 e. The molecule has 1 aromatic heterocycles. The van der Waals surface area contributed by atoms with Crippen LogP contribution < -0.4 is 10.6 Å². The highest BCUT2D eigenvalue weighted by Gasteiger charge is 2.07. The van der Waals surface area contributed by atoms with Crippen LogP contribution >= 0.6 is 0 Å². The van der Waals surface area contributed by atoms with Crippen LogP contribution in [0.5, 0.6) is 0 Å². The first-order valence-electron chi connectivity index (χ1n) is 7.08. The molecule has 0 saturated heterocycles. The van der Waals surface area contributed by atoms with Gasteiger partial charge in [-0.1, -0.05) is 13.0 Å². The van der Waals surface area contributed by atoms with Gasteiger partial charge in [-0.25, -0.2) is 14.6 Å². The molecule has 0 aliphatic carbocycles. The van der Waals surface area contributed by atoms with Crippen molar-refractivity contribution in [1.82, 2.24) is 4.98 Å². The Kier molecular flexibility index (Phi) is 8.36. The van der Waals surface area contributed by atoms with E-state index < -0.39 is 12.2 Å². The highest BCUT2D eigenvalue weighted by molar-refractivity contribution is 5.85. The Balaban J connectivity index is 2.43. The van der Waals surface area contributed by atoms with Gasteiger partial charge in [0.25, 0.3) is 0 Å². The molecule has 0 radical (unpaired) electrons. The number of rotatable bonds is 8. The van der Waals surface area contributed by atoms with Gasteiger partial charge in [0.15, 0.2) is 0 Å². The van der Waals surface area contributed by atoms with E-state index >= 15 is 0 Å². The van der Waals surface area contributed by atoms with Crippen LogP contribution in [0, 0.1) is 0 Å². The minimum Gasteiger partial charge on any atom is -0.449 e. The highest BCUT2D eigenvalue weighted by Crippen LogP contribution is 2.09. The Morgan fingerprint density at radius 1 is 1.00 bits per heavy atom. The van der Waals surface area contributed by atoms with E-state index in [9.17, 15) is 9.59 Å². The molecule has 0 bridgehead atoms. The number of hydrogen-bond donors (Lipinski definition) is 2. The molecule has 1 heterocycles. The predicted molar refractivity (Wildman–Crippen MR) is 81.0 cm³/mol. The van der Waals surface area contributed by atoms with Crippen molar-refractivity contribution in [1.29, 1.82) is 0 Å². The molecule has 8 heteroatoms. The summed E-state index contributed by atoms with van der Waals surface area (Å²) in [6.07, 6.45) is -0.501. The molecular weight excluding hydrogens is 290 g/mol. The van der Waals surface area contributed by atoms with Crippen LogP contribution in [0.4, 0.5) is 21.2 Å². The van der Waals surface area contributed by atoms with Gasteiger partial charge < -0.3 is 14.2 Å². The summed E-state index contributed by atoms with van der Waals surface area (Å²) in [5.41, 5.74) is 0. The average molecular weight is 311 g/mol. The molecule has 122 valence electrons. The second kappa shape index (κ2) is 10.4. The molecule has 8 nitrogen and oxygen atoms in total. The third kappa shape index (κ3) is 7.44. The number of nitrogens with zero attached hydrogens (tertiary/aromatic N) is 1. The number of anilines is 2. The molecule has 0 unspecified atom stereocenters. The van der Waals surface area contributed by atoms with Gasteiger partial charge in [-0.2, -0.15) is 0 Å². The highest BCUT2D eigenvalue weighted by atomic mass is 16.6. The van der Waals surface area contributed by atoms with E-state index in [0.717, 1.165) is 6.42 Å². The van der Waals surface area contributed by atoms with Gasteiger partial charge in [0, 0.05) is 6.61 Å². The van der Waals surface area contributed by atoms with E-state index in [2.05, 4.69) is 15.6 Å². The predicted octanol–water partition coefficient (Wildman–Crippen LogP) is 2.63. The van der Waals surface area contributed by atoms with Crippen LogP contribution in [-0.2, 0) is 14.2 Å². The van der Waals surface area contributed by atoms with E-state index in [-0.39, 0.29) is 18.2 Å². The summed E-state index contributed by atoms with van der Waals surface area (Å²) in [5, 5.41) is 4.92. The molecule has 2 amide bonds. The zero-order valence-corrected chi connectivity index (χ0v) is 12.8. The van der Waals surface area contributed by atoms with E-state index in [1.54, 1.807) is 18.2 Å². The maximum atomic E-state index is 11.5. The molecule has 0 aliphatic rings. The van der Waals surface area contributed by atoms with Gasteiger partial charge in [-0.05, 0) is 25.5 Å². The number of ether oxygens (including phenoxy) is 3. The molecule has 0 saturated carbocycles. The lowest BCUT2D eigenvalue weighted by Crippen LogP contribution is -2.18. The van der Waals surface area contributed by atoms with Crippen LogP contribution in [0.15, 0.2) is 18.2 Å². The molecule has 0 aliphatic heterocycles. The van der Waals surface area contributed by atoms with Crippen molar-refractivity contribution in [3.8, 4) is 0 Å². The van der Waals surface area contributed by atoms with Gasteiger partial charge in [-0.15, -0.1) is 0 Å². The van der Waals surface area contributed by atoms with E-state index in [1.165, 1.54) is 0 Å². The first-order valence-corrected chi connectivity index (χ1v) is 7.08. The zero-order valence-electron chi connectivity index (χ0n) is 12.8. The van der Waals surface area contributed by atoms with Crippen LogP contribution in [-0.4, -0.2) is 43.6 Å². The lowest BCUT2D eigenvalue weighted by atomic mass is 10.4. The first-order chi connectivity index (χ1) is 10.7. The molecule has 1 rings (SSSR count). The van der Waals surface area contributed by atoms with Gasteiger partial charge in [0.05, 0.1) is 13.2 Å². The number of pyridine rings is 1.